The van der Waals surface area contributed by atoms with Crippen molar-refractivity contribution in [3.8, 4) is 6.07 Å². The first kappa shape index (κ1) is 14.9. The van der Waals surface area contributed by atoms with Gasteiger partial charge in [-0.3, -0.25) is 0 Å². The second-order valence-corrected chi connectivity index (χ2v) is 4.86. The molecule has 0 aromatic heterocycles. The minimum absolute atomic E-state index is 0.148. The van der Waals surface area contributed by atoms with Crippen LogP contribution in [0.1, 0.15) is 12.0 Å². The highest BCUT2D eigenvalue weighted by atomic mass is 19.1. The Kier molecular flexibility index (Phi) is 5.07. The molecule has 108 valence electrons. The van der Waals surface area contributed by atoms with Crippen LogP contribution in [0.25, 0.3) is 0 Å². The number of nitriles is 1. The van der Waals surface area contributed by atoms with Crippen LogP contribution in [0.15, 0.2) is 24.3 Å². The molecule has 5 heteroatoms. The third-order valence-corrected chi connectivity index (χ3v) is 3.73. The smallest absolute Gasteiger partial charge is 0.146 e. The molecule has 0 aliphatic carbocycles. The van der Waals surface area contributed by atoms with Gasteiger partial charge < -0.3 is 14.2 Å². The fraction of sp³-hybridized carbons (Fsp3) is 0.533. The van der Waals surface area contributed by atoms with Gasteiger partial charge in [0.15, 0.2) is 0 Å². The van der Waals surface area contributed by atoms with Crippen molar-refractivity contribution in [2.24, 2.45) is 5.92 Å². The summed E-state index contributed by atoms with van der Waals surface area (Å²) in [6.45, 7) is 1.28. The predicted octanol–water partition coefficient (Wildman–Crippen LogP) is 2.24. The molecule has 0 N–H and O–H groups in total. The highest BCUT2D eigenvalue weighted by Gasteiger charge is 2.45. The van der Waals surface area contributed by atoms with Gasteiger partial charge >= 0.3 is 0 Å². The molecule has 1 saturated heterocycles. The van der Waals surface area contributed by atoms with E-state index in [2.05, 4.69) is 6.07 Å². The zero-order valence-electron chi connectivity index (χ0n) is 11.5. The molecule has 1 heterocycles. The summed E-state index contributed by atoms with van der Waals surface area (Å²) in [6.07, 6.45) is 0.464. The van der Waals surface area contributed by atoms with Crippen molar-refractivity contribution in [3.05, 3.63) is 35.6 Å². The van der Waals surface area contributed by atoms with E-state index in [0.29, 0.717) is 31.8 Å². The van der Waals surface area contributed by atoms with Gasteiger partial charge in [-0.05, 0) is 12.5 Å². The third kappa shape index (κ3) is 2.83. The lowest BCUT2D eigenvalue weighted by molar-refractivity contribution is -0.0788. The maximum absolute atomic E-state index is 14.1. The van der Waals surface area contributed by atoms with Gasteiger partial charge in [0.1, 0.15) is 12.6 Å². The lowest BCUT2D eigenvalue weighted by atomic mass is 9.68. The first-order chi connectivity index (χ1) is 9.74. The molecule has 0 amide bonds. The lowest BCUT2D eigenvalue weighted by Crippen LogP contribution is -2.45. The predicted molar refractivity (Wildman–Crippen MR) is 70.4 cm³/mol. The van der Waals surface area contributed by atoms with Crippen molar-refractivity contribution < 1.29 is 18.6 Å². The van der Waals surface area contributed by atoms with Gasteiger partial charge in [-0.15, -0.1) is 0 Å². The van der Waals surface area contributed by atoms with Gasteiger partial charge in [0.2, 0.25) is 0 Å². The molecular weight excluding hydrogens is 261 g/mol. The topological polar surface area (TPSA) is 51.5 Å². The van der Waals surface area contributed by atoms with Crippen LogP contribution in [-0.4, -0.2) is 33.7 Å². The maximum Gasteiger partial charge on any atom is 0.146 e. The van der Waals surface area contributed by atoms with Crippen molar-refractivity contribution in [2.75, 3.05) is 33.7 Å². The quantitative estimate of drug-likeness (QED) is 0.612. The van der Waals surface area contributed by atoms with Gasteiger partial charge in [-0.2, -0.15) is 5.26 Å². The van der Waals surface area contributed by atoms with Crippen molar-refractivity contribution in [1.82, 2.24) is 0 Å². The standard InChI is InChI=1S/C15H18FNO3/c1-18-11-20-9-12-8-19-7-6-15(12,10-17)13-4-2-3-5-14(13)16/h2-5,12H,6-9,11H2,1H3/t12-,15+/m1/s1. The molecule has 2 atom stereocenters. The lowest BCUT2D eigenvalue weighted by Gasteiger charge is -2.39. The third-order valence-electron chi connectivity index (χ3n) is 3.73. The molecule has 0 radical (unpaired) electrons. The summed E-state index contributed by atoms with van der Waals surface area (Å²) in [5, 5.41) is 9.69. The van der Waals surface area contributed by atoms with E-state index in [1.54, 1.807) is 18.2 Å². The maximum atomic E-state index is 14.1. The molecule has 1 aromatic rings. The molecule has 0 saturated carbocycles. The van der Waals surface area contributed by atoms with E-state index < -0.39 is 5.41 Å². The molecule has 4 nitrogen and oxygen atoms in total. The number of halogens is 1. The molecule has 0 unspecified atom stereocenters. The second-order valence-electron chi connectivity index (χ2n) is 4.86. The summed E-state index contributed by atoms with van der Waals surface area (Å²) in [5.41, 5.74) is -0.478. The van der Waals surface area contributed by atoms with Gasteiger partial charge in [-0.25, -0.2) is 4.39 Å². The number of benzene rings is 1. The Balaban J connectivity index is 2.30. The summed E-state index contributed by atoms with van der Waals surface area (Å²) in [4.78, 5) is 0. The summed E-state index contributed by atoms with van der Waals surface area (Å²) in [5.74, 6) is -0.569. The Hall–Kier alpha value is -1.48. The summed E-state index contributed by atoms with van der Waals surface area (Å²) < 4.78 is 29.8. The van der Waals surface area contributed by atoms with E-state index in [4.69, 9.17) is 14.2 Å². The summed E-state index contributed by atoms with van der Waals surface area (Å²) in [6, 6.07) is 8.75. The molecule has 1 fully saturated rings. The van der Waals surface area contributed by atoms with Gasteiger partial charge in [-0.1, -0.05) is 18.2 Å². The summed E-state index contributed by atoms with van der Waals surface area (Å²) in [7, 11) is 1.53. The highest BCUT2D eigenvalue weighted by molar-refractivity contribution is 5.35. The first-order valence-electron chi connectivity index (χ1n) is 6.55. The van der Waals surface area contributed by atoms with E-state index in [9.17, 15) is 9.65 Å². The van der Waals surface area contributed by atoms with Crippen LogP contribution in [-0.2, 0) is 19.6 Å². The minimum atomic E-state index is -0.905. The van der Waals surface area contributed by atoms with Crippen molar-refractivity contribution in [1.29, 1.82) is 5.26 Å². The molecule has 0 spiro atoms. The van der Waals surface area contributed by atoms with Crippen LogP contribution in [0.2, 0.25) is 0 Å². The Morgan fingerprint density at radius 1 is 1.50 bits per heavy atom. The number of methoxy groups -OCH3 is 1. The van der Waals surface area contributed by atoms with E-state index >= 15 is 0 Å². The van der Waals surface area contributed by atoms with Crippen LogP contribution < -0.4 is 0 Å². The SMILES string of the molecule is COCOC[C@H]1COCC[C@@]1(C#N)c1ccccc1F. The Labute approximate surface area is 118 Å². The number of hydrogen-bond donors (Lipinski definition) is 0. The molecule has 0 bridgehead atoms. The average molecular weight is 279 g/mol. The largest absolute Gasteiger partial charge is 0.381 e. The highest BCUT2D eigenvalue weighted by Crippen LogP contribution is 2.40. The van der Waals surface area contributed by atoms with E-state index in [0.717, 1.165) is 0 Å². The van der Waals surface area contributed by atoms with Crippen LogP contribution in [0.5, 0.6) is 0 Å². The van der Waals surface area contributed by atoms with Crippen LogP contribution in [0, 0.1) is 23.1 Å². The van der Waals surface area contributed by atoms with Gasteiger partial charge in [0.05, 0.1) is 24.7 Å². The van der Waals surface area contributed by atoms with Crippen LogP contribution >= 0.6 is 0 Å². The molecular formula is C15H18FNO3. The van der Waals surface area contributed by atoms with Gasteiger partial charge in [0.25, 0.3) is 0 Å². The normalized spacial score (nSPS) is 26.1. The van der Waals surface area contributed by atoms with Crippen LogP contribution in [0.4, 0.5) is 4.39 Å². The van der Waals surface area contributed by atoms with Gasteiger partial charge in [0, 0.05) is 25.2 Å². The molecule has 20 heavy (non-hydrogen) atoms. The molecule has 1 aromatic carbocycles. The van der Waals surface area contributed by atoms with Crippen molar-refractivity contribution in [2.45, 2.75) is 11.8 Å². The average Bonchev–Trinajstić information content (AvgIpc) is 2.49. The Morgan fingerprint density at radius 2 is 2.30 bits per heavy atom. The van der Waals surface area contributed by atoms with E-state index in [1.165, 1.54) is 13.2 Å². The molecule has 1 aliphatic heterocycles. The number of rotatable bonds is 5. The zero-order valence-corrected chi connectivity index (χ0v) is 11.5. The monoisotopic (exact) mass is 279 g/mol. The number of hydrogen-bond acceptors (Lipinski definition) is 4. The zero-order chi connectivity index (χ0) is 14.4. The number of ether oxygens (including phenoxy) is 3. The Morgan fingerprint density at radius 3 is 3.00 bits per heavy atom. The second kappa shape index (κ2) is 6.80. The Bertz CT molecular complexity index is 488. The van der Waals surface area contributed by atoms with Crippen molar-refractivity contribution in [3.63, 3.8) is 0 Å². The fourth-order valence-corrected chi connectivity index (χ4v) is 2.65. The molecule has 1 aliphatic rings. The molecule has 2 rings (SSSR count). The van der Waals surface area contributed by atoms with E-state index in [1.807, 2.05) is 0 Å². The first-order valence-corrected chi connectivity index (χ1v) is 6.55. The minimum Gasteiger partial charge on any atom is -0.381 e. The number of nitrogens with zero attached hydrogens (tertiary/aromatic N) is 1. The van der Waals surface area contributed by atoms with Crippen LogP contribution in [0.3, 0.4) is 0 Å². The summed E-state index contributed by atoms with van der Waals surface area (Å²) >= 11 is 0. The fourth-order valence-electron chi connectivity index (χ4n) is 2.65. The van der Waals surface area contributed by atoms with E-state index in [-0.39, 0.29) is 18.5 Å². The van der Waals surface area contributed by atoms with Crippen molar-refractivity contribution >= 4 is 0 Å².